The van der Waals surface area contributed by atoms with Gasteiger partial charge in [0.1, 0.15) is 0 Å². The van der Waals surface area contributed by atoms with Gasteiger partial charge in [0.15, 0.2) is 0 Å². The van der Waals surface area contributed by atoms with E-state index in [9.17, 15) is 0 Å². The summed E-state index contributed by atoms with van der Waals surface area (Å²) in [5.74, 6) is 0. The van der Waals surface area contributed by atoms with E-state index >= 15 is 0 Å². The predicted octanol–water partition coefficient (Wildman–Crippen LogP) is 11.9. The summed E-state index contributed by atoms with van der Waals surface area (Å²) in [4.78, 5) is 11.3. The minimum Gasteiger partial charge on any atom is -0.146 e. The van der Waals surface area contributed by atoms with Gasteiger partial charge in [-0.25, -0.2) is 0 Å². The van der Waals surface area contributed by atoms with Gasteiger partial charge in [0.2, 0.25) is 0 Å². The molecule has 0 spiro atoms. The Balaban J connectivity index is 0.000000129. The zero-order valence-corrected chi connectivity index (χ0v) is 26.0. The van der Waals surface area contributed by atoms with Crippen LogP contribution in [-0.4, -0.2) is 0 Å². The van der Waals surface area contributed by atoms with Crippen molar-refractivity contribution in [2.24, 2.45) is 0 Å². The Hall–Kier alpha value is -1.28. The molecule has 0 bridgehead atoms. The van der Waals surface area contributed by atoms with Crippen molar-refractivity contribution in [1.29, 1.82) is 0 Å². The van der Waals surface area contributed by atoms with Crippen LogP contribution < -0.4 is 0 Å². The van der Waals surface area contributed by atoms with Gasteiger partial charge in [-0.2, -0.15) is 0 Å². The summed E-state index contributed by atoms with van der Waals surface area (Å²) < 4.78 is 4.36. The summed E-state index contributed by atoms with van der Waals surface area (Å²) >= 11 is 11.2. The van der Waals surface area contributed by atoms with Crippen LogP contribution in [-0.2, 0) is 0 Å². The highest BCUT2D eigenvalue weighted by Crippen LogP contribution is 2.33. The highest BCUT2D eigenvalue weighted by atomic mass is 32.2. The first-order valence-electron chi connectivity index (χ1n) is 11.1. The molecule has 0 amide bonds. The standard InChI is InChI=1S/2C8H8S2.2C6H8S/c1-5-3-7-8(9-5)4-6(2)10-7;1-5-3-7-4-6(2)10-8(7)9-5;2*1-5-3-4-6(2)7-5/h2*3-4H,1-2H3;2*3-4H,1-2H3. The number of hydrogen-bond donors (Lipinski definition) is 0. The average molecular weight is 561 g/mol. The first kappa shape index (κ1) is 27.3. The van der Waals surface area contributed by atoms with Crippen molar-refractivity contribution < 1.29 is 0 Å². The second kappa shape index (κ2) is 12.6. The van der Waals surface area contributed by atoms with Gasteiger partial charge in [-0.15, -0.1) is 68.0 Å². The molecule has 0 aliphatic carbocycles. The third-order valence-electron chi connectivity index (χ3n) is 4.66. The van der Waals surface area contributed by atoms with Crippen molar-refractivity contribution in [3.8, 4) is 0 Å². The summed E-state index contributed by atoms with van der Waals surface area (Å²) in [6.07, 6.45) is 0. The Kier molecular flexibility index (Phi) is 10.1. The highest BCUT2D eigenvalue weighted by molar-refractivity contribution is 7.38. The molecular formula is C28H32S6. The van der Waals surface area contributed by atoms with E-state index in [1.165, 1.54) is 57.8 Å². The van der Waals surface area contributed by atoms with E-state index in [0.29, 0.717) is 0 Å². The second-order valence-electron chi connectivity index (χ2n) is 8.21. The van der Waals surface area contributed by atoms with Gasteiger partial charge in [0, 0.05) is 53.8 Å². The molecule has 6 aromatic heterocycles. The van der Waals surface area contributed by atoms with E-state index in [1.807, 2.05) is 68.0 Å². The SMILES string of the molecule is Cc1cc2cc(C)sc2s1.Cc1cc2sc(C)cc2s1.Cc1ccc(C)s1.Cc1ccc(C)s1. The van der Waals surface area contributed by atoms with Crippen molar-refractivity contribution >= 4 is 86.8 Å². The molecule has 0 atom stereocenters. The molecule has 6 heteroatoms. The molecule has 6 rings (SSSR count). The van der Waals surface area contributed by atoms with E-state index in [4.69, 9.17) is 0 Å². The molecule has 0 fully saturated rings. The summed E-state index contributed by atoms with van der Waals surface area (Å²) in [5.41, 5.74) is 0. The number of rotatable bonds is 0. The Morgan fingerprint density at radius 3 is 0.941 bits per heavy atom. The Morgan fingerprint density at radius 1 is 0.353 bits per heavy atom. The molecule has 180 valence electrons. The minimum absolute atomic E-state index is 1.40. The van der Waals surface area contributed by atoms with Gasteiger partial charge in [-0.05, 0) is 104 Å². The summed E-state index contributed by atoms with van der Waals surface area (Å²) in [5, 5.41) is 1.42. The van der Waals surface area contributed by atoms with Gasteiger partial charge < -0.3 is 0 Å². The molecule has 0 saturated carbocycles. The normalized spacial score (nSPS) is 10.4. The van der Waals surface area contributed by atoms with Gasteiger partial charge in [-0.1, -0.05) is 0 Å². The molecule has 34 heavy (non-hydrogen) atoms. The molecular weight excluding hydrogens is 529 g/mol. The summed E-state index contributed by atoms with van der Waals surface area (Å²) in [6, 6.07) is 17.6. The lowest BCUT2D eigenvalue weighted by molar-refractivity contribution is 1.61. The van der Waals surface area contributed by atoms with Crippen LogP contribution in [0.5, 0.6) is 0 Å². The lowest BCUT2D eigenvalue weighted by Gasteiger charge is -1.74. The number of hydrogen-bond acceptors (Lipinski definition) is 6. The third kappa shape index (κ3) is 8.43. The monoisotopic (exact) mass is 560 g/mol. The van der Waals surface area contributed by atoms with Gasteiger partial charge in [0.25, 0.3) is 0 Å². The van der Waals surface area contributed by atoms with Crippen LogP contribution in [0.1, 0.15) is 39.0 Å². The number of fused-ring (bicyclic) bond motifs is 2. The van der Waals surface area contributed by atoms with Gasteiger partial charge in [-0.3, -0.25) is 0 Å². The van der Waals surface area contributed by atoms with E-state index in [2.05, 4.69) is 104 Å². The topological polar surface area (TPSA) is 0 Å². The first-order chi connectivity index (χ1) is 16.1. The fourth-order valence-corrected chi connectivity index (χ4v) is 9.46. The summed E-state index contributed by atoms with van der Waals surface area (Å²) in [7, 11) is 0. The lowest BCUT2D eigenvalue weighted by atomic mass is 10.3. The van der Waals surface area contributed by atoms with E-state index in [0.717, 1.165) is 0 Å². The molecule has 0 aliphatic heterocycles. The average Bonchev–Trinajstić information content (AvgIpc) is 3.54. The van der Waals surface area contributed by atoms with Crippen LogP contribution in [0.3, 0.4) is 0 Å². The van der Waals surface area contributed by atoms with Crippen LogP contribution >= 0.6 is 68.0 Å². The molecule has 0 unspecified atom stereocenters. The maximum atomic E-state index is 2.26. The van der Waals surface area contributed by atoms with Crippen LogP contribution in [0.25, 0.3) is 18.8 Å². The second-order valence-corrected chi connectivity index (χ2v) is 16.5. The van der Waals surface area contributed by atoms with Crippen molar-refractivity contribution in [2.75, 3.05) is 0 Å². The molecule has 6 aromatic rings. The van der Waals surface area contributed by atoms with Crippen LogP contribution in [0.15, 0.2) is 48.5 Å². The van der Waals surface area contributed by atoms with E-state index in [-0.39, 0.29) is 0 Å². The van der Waals surface area contributed by atoms with Crippen LogP contribution in [0.4, 0.5) is 0 Å². The molecule has 0 N–H and O–H groups in total. The van der Waals surface area contributed by atoms with Crippen LogP contribution in [0.2, 0.25) is 0 Å². The van der Waals surface area contributed by atoms with Crippen LogP contribution in [0, 0.1) is 55.4 Å². The van der Waals surface area contributed by atoms with Crippen molar-refractivity contribution in [3.05, 3.63) is 87.5 Å². The highest BCUT2D eigenvalue weighted by Gasteiger charge is 2.01. The fraction of sp³-hybridized carbons (Fsp3) is 0.286. The largest absolute Gasteiger partial charge is 0.146 e. The molecule has 0 aliphatic rings. The summed E-state index contributed by atoms with van der Waals surface area (Å²) in [6.45, 7) is 17.1. The predicted molar refractivity (Wildman–Crippen MR) is 166 cm³/mol. The van der Waals surface area contributed by atoms with Gasteiger partial charge >= 0.3 is 0 Å². The third-order valence-corrected chi connectivity index (χ3v) is 10.8. The minimum atomic E-state index is 1.40. The molecule has 0 aromatic carbocycles. The van der Waals surface area contributed by atoms with Crippen molar-refractivity contribution in [1.82, 2.24) is 0 Å². The maximum Gasteiger partial charge on any atom is 0.0870 e. The lowest BCUT2D eigenvalue weighted by Crippen LogP contribution is -1.51. The van der Waals surface area contributed by atoms with E-state index < -0.39 is 0 Å². The number of aryl methyl sites for hydroxylation is 8. The smallest absolute Gasteiger partial charge is 0.0870 e. The Bertz CT molecular complexity index is 1170. The fourth-order valence-electron chi connectivity index (χ4n) is 3.28. The Labute approximate surface area is 228 Å². The maximum absolute atomic E-state index is 2.26. The Morgan fingerprint density at radius 2 is 0.676 bits per heavy atom. The zero-order valence-electron chi connectivity index (χ0n) is 21.1. The molecule has 0 radical (unpaired) electrons. The molecule has 0 saturated heterocycles. The van der Waals surface area contributed by atoms with Crippen molar-refractivity contribution in [3.63, 3.8) is 0 Å². The zero-order chi connectivity index (χ0) is 24.8. The molecule has 0 nitrogen and oxygen atoms in total. The quantitative estimate of drug-likeness (QED) is 0.173. The van der Waals surface area contributed by atoms with Crippen molar-refractivity contribution in [2.45, 2.75) is 55.4 Å². The van der Waals surface area contributed by atoms with E-state index in [1.54, 1.807) is 0 Å². The first-order valence-corrected chi connectivity index (χ1v) is 16.0. The van der Waals surface area contributed by atoms with Gasteiger partial charge in [0.05, 0.1) is 4.01 Å². The molecule has 6 heterocycles. The number of thiophene rings is 6.